The van der Waals surface area contributed by atoms with Crippen molar-refractivity contribution in [2.24, 2.45) is 0 Å². The summed E-state index contributed by atoms with van der Waals surface area (Å²) < 4.78 is 1.92. The van der Waals surface area contributed by atoms with E-state index in [4.69, 9.17) is 0 Å². The smallest absolute Gasteiger partial charge is 0.274 e. The summed E-state index contributed by atoms with van der Waals surface area (Å²) >= 11 is 0. The SMILES string of the molecule is CCN(Cc1ccccn1)C(=O)c1ccn(C2CCCNC2)n1.Cl. The Labute approximate surface area is 148 Å². The van der Waals surface area contributed by atoms with Crippen molar-refractivity contribution in [1.29, 1.82) is 0 Å². The predicted molar refractivity (Wildman–Crippen MR) is 95.3 cm³/mol. The van der Waals surface area contributed by atoms with Crippen molar-refractivity contribution >= 4 is 18.3 Å². The summed E-state index contributed by atoms with van der Waals surface area (Å²) in [7, 11) is 0. The lowest BCUT2D eigenvalue weighted by atomic mass is 10.1. The first-order valence-electron chi connectivity index (χ1n) is 8.23. The number of piperidine rings is 1. The van der Waals surface area contributed by atoms with Crippen LogP contribution in [0.3, 0.4) is 0 Å². The molecule has 0 spiro atoms. The van der Waals surface area contributed by atoms with Gasteiger partial charge in [-0.1, -0.05) is 6.07 Å². The third-order valence-corrected chi connectivity index (χ3v) is 4.22. The monoisotopic (exact) mass is 349 g/mol. The highest BCUT2D eigenvalue weighted by Gasteiger charge is 2.20. The molecular weight excluding hydrogens is 326 g/mol. The van der Waals surface area contributed by atoms with E-state index in [9.17, 15) is 4.79 Å². The maximum Gasteiger partial charge on any atom is 0.274 e. The second-order valence-corrected chi connectivity index (χ2v) is 5.82. The Morgan fingerprint density at radius 1 is 1.42 bits per heavy atom. The minimum Gasteiger partial charge on any atom is -0.332 e. The Bertz CT molecular complexity index is 639. The molecule has 0 aromatic carbocycles. The fraction of sp³-hybridized carbons (Fsp3) is 0.471. The number of carbonyl (C=O) groups excluding carboxylic acids is 1. The van der Waals surface area contributed by atoms with Crippen molar-refractivity contribution in [3.8, 4) is 0 Å². The first kappa shape index (κ1) is 18.4. The summed E-state index contributed by atoms with van der Waals surface area (Å²) in [5, 5.41) is 7.88. The van der Waals surface area contributed by atoms with Gasteiger partial charge in [0.25, 0.3) is 5.91 Å². The van der Waals surface area contributed by atoms with E-state index in [1.165, 1.54) is 0 Å². The quantitative estimate of drug-likeness (QED) is 0.899. The molecule has 3 rings (SSSR count). The number of hydrogen-bond acceptors (Lipinski definition) is 4. The summed E-state index contributed by atoms with van der Waals surface area (Å²) in [6.45, 7) is 5.10. The molecule has 1 N–H and O–H groups in total. The lowest BCUT2D eigenvalue weighted by Crippen LogP contribution is -2.33. The van der Waals surface area contributed by atoms with Crippen molar-refractivity contribution in [3.05, 3.63) is 48.0 Å². The van der Waals surface area contributed by atoms with Crippen LogP contribution < -0.4 is 5.32 Å². The van der Waals surface area contributed by atoms with E-state index in [2.05, 4.69) is 15.4 Å². The topological polar surface area (TPSA) is 63.1 Å². The van der Waals surface area contributed by atoms with Gasteiger partial charge < -0.3 is 10.2 Å². The van der Waals surface area contributed by atoms with Crippen LogP contribution in [0.1, 0.15) is 42.0 Å². The zero-order chi connectivity index (χ0) is 16.1. The van der Waals surface area contributed by atoms with Crippen molar-refractivity contribution in [2.45, 2.75) is 32.4 Å². The number of nitrogens with zero attached hydrogens (tertiary/aromatic N) is 4. The van der Waals surface area contributed by atoms with E-state index in [1.807, 2.05) is 42.1 Å². The normalized spacial score (nSPS) is 17.1. The summed E-state index contributed by atoms with van der Waals surface area (Å²) in [4.78, 5) is 18.7. The van der Waals surface area contributed by atoms with E-state index in [0.29, 0.717) is 24.8 Å². The van der Waals surface area contributed by atoms with E-state index in [1.54, 1.807) is 11.1 Å². The van der Waals surface area contributed by atoms with Gasteiger partial charge in [0.15, 0.2) is 0 Å². The second kappa shape index (κ2) is 8.80. The molecule has 0 saturated carbocycles. The Morgan fingerprint density at radius 3 is 2.96 bits per heavy atom. The number of pyridine rings is 1. The number of rotatable bonds is 5. The molecule has 1 saturated heterocycles. The van der Waals surface area contributed by atoms with Gasteiger partial charge in [-0.25, -0.2) is 0 Å². The molecule has 1 unspecified atom stereocenters. The molecule has 1 aliphatic rings. The van der Waals surface area contributed by atoms with Gasteiger partial charge in [0.05, 0.1) is 18.3 Å². The van der Waals surface area contributed by atoms with Crippen LogP contribution in [0.25, 0.3) is 0 Å². The van der Waals surface area contributed by atoms with Gasteiger partial charge in [0, 0.05) is 25.5 Å². The minimum atomic E-state index is -0.0410. The predicted octanol–water partition coefficient (Wildman–Crippen LogP) is 2.29. The molecule has 1 aliphatic heterocycles. The molecule has 130 valence electrons. The van der Waals surface area contributed by atoms with Crippen LogP contribution >= 0.6 is 12.4 Å². The summed E-state index contributed by atoms with van der Waals surface area (Å²) in [6.07, 6.45) is 5.92. The first-order chi connectivity index (χ1) is 11.3. The third kappa shape index (κ3) is 4.33. The van der Waals surface area contributed by atoms with Gasteiger partial charge in [-0.2, -0.15) is 5.10 Å². The number of aromatic nitrogens is 3. The number of nitrogens with one attached hydrogen (secondary N) is 1. The largest absolute Gasteiger partial charge is 0.332 e. The van der Waals surface area contributed by atoms with Gasteiger partial charge in [-0.05, 0) is 44.5 Å². The molecule has 7 heteroatoms. The number of carbonyl (C=O) groups is 1. The average molecular weight is 350 g/mol. The molecule has 2 aromatic heterocycles. The van der Waals surface area contributed by atoms with Crippen molar-refractivity contribution in [2.75, 3.05) is 19.6 Å². The highest BCUT2D eigenvalue weighted by atomic mass is 35.5. The zero-order valence-electron chi connectivity index (χ0n) is 13.9. The van der Waals surface area contributed by atoms with Crippen LogP contribution in [-0.2, 0) is 6.54 Å². The average Bonchev–Trinajstić information content (AvgIpc) is 3.11. The fourth-order valence-corrected chi connectivity index (χ4v) is 2.89. The maximum atomic E-state index is 12.7. The molecule has 6 nitrogen and oxygen atoms in total. The summed E-state index contributed by atoms with van der Waals surface area (Å²) in [5.41, 5.74) is 1.40. The lowest BCUT2D eigenvalue weighted by molar-refractivity contribution is 0.0743. The first-order valence-corrected chi connectivity index (χ1v) is 8.23. The molecule has 0 radical (unpaired) electrons. The Hall–Kier alpha value is -1.92. The molecule has 3 heterocycles. The molecule has 24 heavy (non-hydrogen) atoms. The van der Waals surface area contributed by atoms with Crippen LogP contribution in [-0.4, -0.2) is 45.2 Å². The molecule has 1 fully saturated rings. The van der Waals surface area contributed by atoms with E-state index in [-0.39, 0.29) is 18.3 Å². The molecule has 0 aliphatic carbocycles. The van der Waals surface area contributed by atoms with E-state index >= 15 is 0 Å². The van der Waals surface area contributed by atoms with Gasteiger partial charge >= 0.3 is 0 Å². The van der Waals surface area contributed by atoms with Crippen LogP contribution in [0.5, 0.6) is 0 Å². The highest BCUT2D eigenvalue weighted by Crippen LogP contribution is 2.16. The third-order valence-electron chi connectivity index (χ3n) is 4.22. The van der Waals surface area contributed by atoms with Gasteiger partial charge in [0.1, 0.15) is 5.69 Å². The molecule has 1 atom stereocenters. The van der Waals surface area contributed by atoms with Gasteiger partial charge in [0.2, 0.25) is 0 Å². The molecule has 2 aromatic rings. The Kier molecular flexibility index (Phi) is 6.75. The zero-order valence-corrected chi connectivity index (χ0v) is 14.7. The number of halogens is 1. The minimum absolute atomic E-state index is 0. The standard InChI is InChI=1S/C17H23N5O.ClH/c1-2-21(13-14-6-3-4-10-19-14)17(23)16-8-11-22(20-16)15-7-5-9-18-12-15;/h3-4,6,8,10-11,15,18H,2,5,7,9,12-13H2,1H3;1H. The number of amides is 1. The second-order valence-electron chi connectivity index (χ2n) is 5.82. The van der Waals surface area contributed by atoms with Crippen molar-refractivity contribution in [3.63, 3.8) is 0 Å². The van der Waals surface area contributed by atoms with Crippen molar-refractivity contribution < 1.29 is 4.79 Å². The molecule has 1 amide bonds. The molecular formula is C17H24ClN5O. The summed E-state index contributed by atoms with van der Waals surface area (Å²) in [5.74, 6) is -0.0410. The molecule has 0 bridgehead atoms. The van der Waals surface area contributed by atoms with Crippen LogP contribution in [0.15, 0.2) is 36.7 Å². The van der Waals surface area contributed by atoms with E-state index in [0.717, 1.165) is 31.6 Å². The van der Waals surface area contributed by atoms with Crippen LogP contribution in [0.4, 0.5) is 0 Å². The van der Waals surface area contributed by atoms with E-state index < -0.39 is 0 Å². The van der Waals surface area contributed by atoms with Crippen molar-refractivity contribution in [1.82, 2.24) is 25.0 Å². The lowest BCUT2D eigenvalue weighted by Gasteiger charge is -2.23. The Balaban J connectivity index is 0.00000208. The summed E-state index contributed by atoms with van der Waals surface area (Å²) in [6, 6.07) is 7.91. The van der Waals surface area contributed by atoms with Gasteiger partial charge in [-0.15, -0.1) is 12.4 Å². The highest BCUT2D eigenvalue weighted by molar-refractivity contribution is 5.92. The van der Waals surface area contributed by atoms with Gasteiger partial charge in [-0.3, -0.25) is 14.5 Å². The maximum absolute atomic E-state index is 12.7. The Morgan fingerprint density at radius 2 is 2.29 bits per heavy atom. The van der Waals surface area contributed by atoms with Crippen LogP contribution in [0, 0.1) is 0 Å². The van der Waals surface area contributed by atoms with Crippen LogP contribution in [0.2, 0.25) is 0 Å². The number of hydrogen-bond donors (Lipinski definition) is 1. The fourth-order valence-electron chi connectivity index (χ4n) is 2.89.